The number of nitrogens with two attached hydrogens (primary N) is 1. The van der Waals surface area contributed by atoms with Crippen molar-refractivity contribution in [1.29, 1.82) is 0 Å². The number of hydrogen-bond donors (Lipinski definition) is 1. The molecule has 1 aliphatic carbocycles. The van der Waals surface area contributed by atoms with Gasteiger partial charge >= 0.3 is 0 Å². The normalized spacial score (nSPS) is 24.9. The largest absolute Gasteiger partial charge is 0.339 e. The Balaban J connectivity index is 2.04. The summed E-state index contributed by atoms with van der Waals surface area (Å²) in [5.41, 5.74) is 6.86. The van der Waals surface area contributed by atoms with Gasteiger partial charge in [0.05, 0.1) is 12.0 Å². The van der Waals surface area contributed by atoms with Crippen LogP contribution in [-0.2, 0) is 4.79 Å². The van der Waals surface area contributed by atoms with Crippen molar-refractivity contribution in [2.45, 2.75) is 25.4 Å². The summed E-state index contributed by atoms with van der Waals surface area (Å²) in [6.45, 7) is 2.04. The first-order valence-corrected chi connectivity index (χ1v) is 5.68. The van der Waals surface area contributed by atoms with Crippen molar-refractivity contribution < 1.29 is 4.79 Å². The minimum atomic E-state index is 0.0520. The Morgan fingerprint density at radius 3 is 2.50 bits per heavy atom. The highest BCUT2D eigenvalue weighted by atomic mass is 16.2. The van der Waals surface area contributed by atoms with Crippen LogP contribution < -0.4 is 5.73 Å². The van der Waals surface area contributed by atoms with Crippen molar-refractivity contribution in [2.75, 3.05) is 7.05 Å². The van der Waals surface area contributed by atoms with Gasteiger partial charge in [0.1, 0.15) is 0 Å². The van der Waals surface area contributed by atoms with E-state index in [1.165, 1.54) is 0 Å². The average molecular weight is 218 g/mol. The van der Waals surface area contributed by atoms with Crippen LogP contribution in [0.3, 0.4) is 0 Å². The first-order chi connectivity index (χ1) is 7.61. The Morgan fingerprint density at radius 1 is 1.44 bits per heavy atom. The summed E-state index contributed by atoms with van der Waals surface area (Å²) >= 11 is 0. The van der Waals surface area contributed by atoms with Gasteiger partial charge in [0.25, 0.3) is 0 Å². The van der Waals surface area contributed by atoms with Gasteiger partial charge < -0.3 is 10.6 Å². The monoisotopic (exact) mass is 218 g/mol. The zero-order chi connectivity index (χ0) is 11.7. The molecule has 0 aromatic heterocycles. The summed E-state index contributed by atoms with van der Waals surface area (Å²) in [5, 5.41) is 0. The van der Waals surface area contributed by atoms with E-state index in [0.717, 1.165) is 12.0 Å². The lowest BCUT2D eigenvalue weighted by Crippen LogP contribution is -2.32. The average Bonchev–Trinajstić information content (AvgIpc) is 3.04. The molecular weight excluding hydrogens is 200 g/mol. The molecule has 0 bridgehead atoms. The van der Waals surface area contributed by atoms with E-state index in [9.17, 15) is 4.79 Å². The quantitative estimate of drug-likeness (QED) is 0.836. The highest BCUT2D eigenvalue weighted by Crippen LogP contribution is 2.32. The maximum Gasteiger partial charge on any atom is 0.227 e. The van der Waals surface area contributed by atoms with Crippen molar-refractivity contribution in [3.8, 4) is 0 Å². The molecule has 3 atom stereocenters. The molecule has 86 valence electrons. The Bertz CT molecular complexity index is 377. The SMILES string of the molecule is CC(c1ccccc1)N(C)C(=O)C1CC1N. The third-order valence-electron chi connectivity index (χ3n) is 3.37. The molecule has 2 rings (SSSR count). The van der Waals surface area contributed by atoms with E-state index in [4.69, 9.17) is 5.73 Å². The lowest BCUT2D eigenvalue weighted by atomic mass is 10.1. The second kappa shape index (κ2) is 4.26. The van der Waals surface area contributed by atoms with E-state index in [2.05, 4.69) is 0 Å². The predicted molar refractivity (Wildman–Crippen MR) is 63.7 cm³/mol. The number of carbonyl (C=O) groups is 1. The third kappa shape index (κ3) is 2.09. The fraction of sp³-hybridized carbons (Fsp3) is 0.462. The number of nitrogens with zero attached hydrogens (tertiary/aromatic N) is 1. The molecule has 1 saturated carbocycles. The minimum Gasteiger partial charge on any atom is -0.339 e. The van der Waals surface area contributed by atoms with Gasteiger partial charge in [0.15, 0.2) is 0 Å². The van der Waals surface area contributed by atoms with E-state index in [1.54, 1.807) is 4.90 Å². The van der Waals surface area contributed by atoms with Crippen LogP contribution in [0.1, 0.15) is 24.9 Å². The lowest BCUT2D eigenvalue weighted by Gasteiger charge is -2.25. The molecule has 3 heteroatoms. The zero-order valence-corrected chi connectivity index (χ0v) is 9.76. The van der Waals surface area contributed by atoms with Crippen molar-refractivity contribution in [1.82, 2.24) is 4.90 Å². The van der Waals surface area contributed by atoms with E-state index in [1.807, 2.05) is 44.3 Å². The molecule has 3 unspecified atom stereocenters. The number of amides is 1. The van der Waals surface area contributed by atoms with E-state index in [0.29, 0.717) is 0 Å². The molecule has 1 fully saturated rings. The summed E-state index contributed by atoms with van der Waals surface area (Å²) in [5.74, 6) is 0.222. The first kappa shape index (κ1) is 11.1. The Morgan fingerprint density at radius 2 is 2.00 bits per heavy atom. The van der Waals surface area contributed by atoms with Crippen molar-refractivity contribution in [3.63, 3.8) is 0 Å². The Labute approximate surface area is 96.2 Å². The Kier molecular flexibility index (Phi) is 2.97. The van der Waals surface area contributed by atoms with Gasteiger partial charge in [0, 0.05) is 13.1 Å². The fourth-order valence-electron chi connectivity index (χ4n) is 1.91. The van der Waals surface area contributed by atoms with Crippen LogP contribution >= 0.6 is 0 Å². The van der Waals surface area contributed by atoms with Gasteiger partial charge in [-0.15, -0.1) is 0 Å². The third-order valence-corrected chi connectivity index (χ3v) is 3.37. The summed E-state index contributed by atoms with van der Waals surface area (Å²) in [4.78, 5) is 13.8. The molecule has 16 heavy (non-hydrogen) atoms. The smallest absolute Gasteiger partial charge is 0.227 e. The molecule has 1 aromatic rings. The van der Waals surface area contributed by atoms with Crippen LogP contribution in [0.15, 0.2) is 30.3 Å². The van der Waals surface area contributed by atoms with Crippen LogP contribution in [-0.4, -0.2) is 23.9 Å². The summed E-state index contributed by atoms with van der Waals surface area (Å²) in [7, 11) is 1.85. The van der Waals surface area contributed by atoms with Gasteiger partial charge in [-0.3, -0.25) is 4.79 Å². The number of carbonyl (C=O) groups excluding carboxylic acids is 1. The molecular formula is C13H18N2O. The van der Waals surface area contributed by atoms with Crippen LogP contribution in [0, 0.1) is 5.92 Å². The summed E-state index contributed by atoms with van der Waals surface area (Å²) in [6.07, 6.45) is 0.838. The standard InChI is InChI=1S/C13H18N2O/c1-9(10-6-4-3-5-7-10)15(2)13(16)11-8-12(11)14/h3-7,9,11-12H,8,14H2,1-2H3. The van der Waals surface area contributed by atoms with Crippen LogP contribution in [0.2, 0.25) is 0 Å². The number of benzene rings is 1. The summed E-state index contributed by atoms with van der Waals surface area (Å²) < 4.78 is 0. The summed E-state index contributed by atoms with van der Waals surface area (Å²) in [6, 6.07) is 10.2. The molecule has 2 N–H and O–H groups in total. The number of hydrogen-bond acceptors (Lipinski definition) is 2. The topological polar surface area (TPSA) is 46.3 Å². The second-order valence-corrected chi connectivity index (χ2v) is 4.54. The molecule has 1 amide bonds. The second-order valence-electron chi connectivity index (χ2n) is 4.54. The molecule has 1 aliphatic rings. The number of rotatable bonds is 3. The molecule has 0 spiro atoms. The maximum atomic E-state index is 12.0. The van der Waals surface area contributed by atoms with Crippen molar-refractivity contribution >= 4 is 5.91 Å². The van der Waals surface area contributed by atoms with Crippen molar-refractivity contribution in [3.05, 3.63) is 35.9 Å². The predicted octanol–water partition coefficient (Wildman–Crippen LogP) is 1.55. The lowest BCUT2D eigenvalue weighted by molar-refractivity contribution is -0.133. The highest BCUT2D eigenvalue weighted by molar-refractivity contribution is 5.82. The van der Waals surface area contributed by atoms with Gasteiger partial charge in [-0.05, 0) is 18.9 Å². The van der Waals surface area contributed by atoms with Gasteiger partial charge in [-0.2, -0.15) is 0 Å². The van der Waals surface area contributed by atoms with E-state index < -0.39 is 0 Å². The van der Waals surface area contributed by atoms with Crippen LogP contribution in [0.5, 0.6) is 0 Å². The van der Waals surface area contributed by atoms with E-state index >= 15 is 0 Å². The highest BCUT2D eigenvalue weighted by Gasteiger charge is 2.42. The first-order valence-electron chi connectivity index (χ1n) is 5.68. The molecule has 3 nitrogen and oxygen atoms in total. The molecule has 0 saturated heterocycles. The van der Waals surface area contributed by atoms with Gasteiger partial charge in [-0.25, -0.2) is 0 Å². The molecule has 1 aromatic carbocycles. The zero-order valence-electron chi connectivity index (χ0n) is 9.76. The molecule has 0 radical (unpaired) electrons. The molecule has 0 aliphatic heterocycles. The van der Waals surface area contributed by atoms with E-state index in [-0.39, 0.29) is 23.9 Å². The fourth-order valence-corrected chi connectivity index (χ4v) is 1.91. The molecule has 0 heterocycles. The van der Waals surface area contributed by atoms with Crippen LogP contribution in [0.4, 0.5) is 0 Å². The Hall–Kier alpha value is -1.35. The van der Waals surface area contributed by atoms with Gasteiger partial charge in [0.2, 0.25) is 5.91 Å². The maximum absolute atomic E-state index is 12.0. The van der Waals surface area contributed by atoms with Gasteiger partial charge in [-0.1, -0.05) is 30.3 Å². The van der Waals surface area contributed by atoms with Crippen molar-refractivity contribution in [2.24, 2.45) is 11.7 Å². The van der Waals surface area contributed by atoms with Crippen LogP contribution in [0.25, 0.3) is 0 Å². The minimum absolute atomic E-state index is 0.0520.